The maximum Gasteiger partial charge on any atom is 0.336 e. The lowest BCUT2D eigenvalue weighted by Crippen LogP contribution is -2.17. The summed E-state index contributed by atoms with van der Waals surface area (Å²) in [5.74, 6) is -0.262. The van der Waals surface area contributed by atoms with E-state index in [1.165, 1.54) is 0 Å². The molecular weight excluding hydrogens is 178 g/mol. The Morgan fingerprint density at radius 2 is 2.43 bits per heavy atom. The smallest absolute Gasteiger partial charge is 0.336 e. The van der Waals surface area contributed by atoms with Crippen LogP contribution in [0.15, 0.2) is 12.3 Å². The van der Waals surface area contributed by atoms with Crippen molar-refractivity contribution in [1.29, 1.82) is 0 Å². The van der Waals surface area contributed by atoms with Crippen molar-refractivity contribution in [2.45, 2.75) is 26.2 Å². The van der Waals surface area contributed by atoms with Crippen LogP contribution in [-0.2, 0) is 12.8 Å². The van der Waals surface area contributed by atoms with Crippen molar-refractivity contribution >= 4 is 5.97 Å². The predicted octanol–water partition coefficient (Wildman–Crippen LogP) is 1.90. The molecule has 1 atom stereocenters. The molecule has 0 amide bonds. The van der Waals surface area contributed by atoms with Crippen molar-refractivity contribution in [2.75, 3.05) is 0 Å². The van der Waals surface area contributed by atoms with E-state index >= 15 is 0 Å². The van der Waals surface area contributed by atoms with Gasteiger partial charge in [0.05, 0.1) is 5.56 Å². The highest BCUT2D eigenvalue weighted by Crippen LogP contribution is 2.26. The second-order valence-corrected chi connectivity index (χ2v) is 3.94. The van der Waals surface area contributed by atoms with Gasteiger partial charge in [-0.05, 0) is 36.8 Å². The highest BCUT2D eigenvalue weighted by Gasteiger charge is 2.21. The Hall–Kier alpha value is -1.38. The van der Waals surface area contributed by atoms with E-state index in [0.717, 1.165) is 30.5 Å². The highest BCUT2D eigenvalue weighted by molar-refractivity contribution is 5.89. The Kier molecular flexibility index (Phi) is 2.23. The lowest BCUT2D eigenvalue weighted by Gasteiger charge is -2.21. The second-order valence-electron chi connectivity index (χ2n) is 3.94. The van der Waals surface area contributed by atoms with Gasteiger partial charge in [0.2, 0.25) is 0 Å². The van der Waals surface area contributed by atoms with E-state index in [9.17, 15) is 4.79 Å². The number of nitrogens with zero attached hydrogens (tertiary/aromatic N) is 1. The Morgan fingerprint density at radius 1 is 1.64 bits per heavy atom. The van der Waals surface area contributed by atoms with E-state index in [0.29, 0.717) is 11.5 Å². The molecule has 14 heavy (non-hydrogen) atoms. The van der Waals surface area contributed by atoms with Crippen molar-refractivity contribution in [3.8, 4) is 0 Å². The Labute approximate surface area is 82.8 Å². The predicted molar refractivity (Wildman–Crippen MR) is 52.4 cm³/mol. The summed E-state index contributed by atoms with van der Waals surface area (Å²) < 4.78 is 0. The van der Waals surface area contributed by atoms with E-state index < -0.39 is 5.97 Å². The van der Waals surface area contributed by atoms with Crippen LogP contribution < -0.4 is 0 Å². The first-order valence-electron chi connectivity index (χ1n) is 4.88. The number of aromatic carboxylic acids is 1. The number of carboxylic acids is 1. The van der Waals surface area contributed by atoms with Crippen molar-refractivity contribution < 1.29 is 9.90 Å². The molecule has 0 bridgehead atoms. The van der Waals surface area contributed by atoms with E-state index in [2.05, 4.69) is 11.9 Å². The normalized spacial score (nSPS) is 20.2. The van der Waals surface area contributed by atoms with Crippen LogP contribution in [0.25, 0.3) is 0 Å². The molecular formula is C11H13NO2. The van der Waals surface area contributed by atoms with Gasteiger partial charge in [0.15, 0.2) is 0 Å². The molecule has 1 N–H and O–H groups in total. The molecule has 0 spiro atoms. The molecule has 0 aliphatic heterocycles. The van der Waals surface area contributed by atoms with E-state index in [4.69, 9.17) is 5.11 Å². The Bertz CT molecular complexity index is 374. The molecule has 0 fully saturated rings. The summed E-state index contributed by atoms with van der Waals surface area (Å²) in [6, 6.07) is 1.60. The number of carbonyl (C=O) groups is 1. The van der Waals surface area contributed by atoms with Crippen molar-refractivity contribution in [3.63, 3.8) is 0 Å². The van der Waals surface area contributed by atoms with Crippen LogP contribution in [0.3, 0.4) is 0 Å². The van der Waals surface area contributed by atoms with Crippen LogP contribution >= 0.6 is 0 Å². The zero-order valence-corrected chi connectivity index (χ0v) is 8.16. The Balaban J connectivity index is 2.48. The van der Waals surface area contributed by atoms with Gasteiger partial charge in [-0.15, -0.1) is 0 Å². The molecule has 74 valence electrons. The van der Waals surface area contributed by atoms with E-state index in [1.54, 1.807) is 12.3 Å². The number of carboxylic acid groups (broad SMARTS) is 1. The fourth-order valence-corrected chi connectivity index (χ4v) is 2.01. The van der Waals surface area contributed by atoms with Gasteiger partial charge in [0, 0.05) is 11.9 Å². The maximum absolute atomic E-state index is 11.0. The molecule has 1 unspecified atom stereocenters. The monoisotopic (exact) mass is 191 g/mol. The standard InChI is InChI=1S/C11H13NO2/c1-7-2-3-10-9(6-7)8(11(13)14)4-5-12-10/h4-5,7H,2-3,6H2,1H3,(H,13,14). The number of hydrogen-bond acceptors (Lipinski definition) is 2. The maximum atomic E-state index is 11.0. The van der Waals surface area contributed by atoms with E-state index in [-0.39, 0.29) is 0 Å². The average molecular weight is 191 g/mol. The number of fused-ring (bicyclic) bond motifs is 1. The number of hydrogen-bond donors (Lipinski definition) is 1. The molecule has 1 aromatic heterocycles. The molecule has 0 saturated heterocycles. The van der Waals surface area contributed by atoms with Gasteiger partial charge in [-0.25, -0.2) is 4.79 Å². The van der Waals surface area contributed by atoms with E-state index in [1.807, 2.05) is 0 Å². The first kappa shape index (κ1) is 9.19. The topological polar surface area (TPSA) is 50.2 Å². The summed E-state index contributed by atoms with van der Waals surface area (Å²) >= 11 is 0. The summed E-state index contributed by atoms with van der Waals surface area (Å²) in [6.07, 6.45) is 4.48. The Morgan fingerprint density at radius 3 is 3.14 bits per heavy atom. The molecule has 3 heteroatoms. The molecule has 0 aromatic carbocycles. The van der Waals surface area contributed by atoms with Crippen LogP contribution in [0.1, 0.15) is 35.0 Å². The molecule has 1 aliphatic carbocycles. The van der Waals surface area contributed by atoms with Gasteiger partial charge in [0.1, 0.15) is 0 Å². The quantitative estimate of drug-likeness (QED) is 0.737. The molecule has 1 aliphatic rings. The lowest BCUT2D eigenvalue weighted by molar-refractivity contribution is 0.0695. The third-order valence-electron chi connectivity index (χ3n) is 2.80. The minimum Gasteiger partial charge on any atom is -0.478 e. The van der Waals surface area contributed by atoms with Gasteiger partial charge in [0.25, 0.3) is 0 Å². The summed E-state index contributed by atoms with van der Waals surface area (Å²) in [4.78, 5) is 15.2. The molecule has 3 nitrogen and oxygen atoms in total. The number of aromatic nitrogens is 1. The van der Waals surface area contributed by atoms with Crippen LogP contribution in [0.2, 0.25) is 0 Å². The van der Waals surface area contributed by atoms with Gasteiger partial charge < -0.3 is 5.11 Å². The fraction of sp³-hybridized carbons (Fsp3) is 0.455. The van der Waals surface area contributed by atoms with Gasteiger partial charge >= 0.3 is 5.97 Å². The minimum atomic E-state index is -0.835. The SMILES string of the molecule is CC1CCc2nccc(C(=O)O)c2C1. The average Bonchev–Trinajstić information content (AvgIpc) is 2.16. The molecule has 1 aromatic rings. The number of rotatable bonds is 1. The number of aryl methyl sites for hydroxylation is 1. The molecule has 0 radical (unpaired) electrons. The van der Waals surface area contributed by atoms with Gasteiger partial charge in [-0.3, -0.25) is 4.98 Å². The van der Waals surface area contributed by atoms with Crippen molar-refractivity contribution in [3.05, 3.63) is 29.1 Å². The second kappa shape index (κ2) is 3.40. The van der Waals surface area contributed by atoms with Gasteiger partial charge in [-0.2, -0.15) is 0 Å². The van der Waals surface area contributed by atoms with Crippen LogP contribution in [0, 0.1) is 5.92 Å². The van der Waals surface area contributed by atoms with Crippen LogP contribution in [-0.4, -0.2) is 16.1 Å². The van der Waals surface area contributed by atoms with Crippen LogP contribution in [0.4, 0.5) is 0 Å². The minimum absolute atomic E-state index is 0.432. The van der Waals surface area contributed by atoms with Crippen LogP contribution in [0.5, 0.6) is 0 Å². The molecule has 2 rings (SSSR count). The largest absolute Gasteiger partial charge is 0.478 e. The first-order chi connectivity index (χ1) is 6.68. The summed E-state index contributed by atoms with van der Waals surface area (Å²) in [6.45, 7) is 2.15. The summed E-state index contributed by atoms with van der Waals surface area (Å²) in [7, 11) is 0. The zero-order valence-electron chi connectivity index (χ0n) is 8.16. The molecule has 1 heterocycles. The van der Waals surface area contributed by atoms with Gasteiger partial charge in [-0.1, -0.05) is 6.92 Å². The number of pyridine rings is 1. The zero-order chi connectivity index (χ0) is 10.1. The lowest BCUT2D eigenvalue weighted by atomic mass is 9.85. The summed E-state index contributed by atoms with van der Waals surface area (Å²) in [5, 5.41) is 9.00. The molecule has 0 saturated carbocycles. The van der Waals surface area contributed by atoms with Crippen molar-refractivity contribution in [2.24, 2.45) is 5.92 Å². The highest BCUT2D eigenvalue weighted by atomic mass is 16.4. The fourth-order valence-electron chi connectivity index (χ4n) is 2.01. The third-order valence-corrected chi connectivity index (χ3v) is 2.80. The summed E-state index contributed by atoms with van der Waals surface area (Å²) in [5.41, 5.74) is 2.35. The first-order valence-corrected chi connectivity index (χ1v) is 4.88. The van der Waals surface area contributed by atoms with Crippen molar-refractivity contribution in [1.82, 2.24) is 4.98 Å². The third kappa shape index (κ3) is 1.50.